The van der Waals surface area contributed by atoms with E-state index in [1.54, 1.807) is 48.5 Å². The number of ether oxygens (including phenoxy) is 1. The normalized spacial score (nSPS) is 16.3. The van der Waals surface area contributed by atoms with E-state index < -0.39 is 12.0 Å². The summed E-state index contributed by atoms with van der Waals surface area (Å²) in [6, 6.07) is 12.9. The van der Waals surface area contributed by atoms with Crippen LogP contribution in [-0.4, -0.2) is 30.6 Å². The minimum Gasteiger partial charge on any atom is -0.464 e. The molecule has 2 aromatic carbocycles. The van der Waals surface area contributed by atoms with Gasteiger partial charge in [-0.1, -0.05) is 29.8 Å². The molecule has 1 aliphatic heterocycles. The molecule has 1 unspecified atom stereocenters. The van der Waals surface area contributed by atoms with Gasteiger partial charge in [-0.15, -0.1) is 0 Å². The zero-order valence-electron chi connectivity index (χ0n) is 12.2. The van der Waals surface area contributed by atoms with Crippen molar-refractivity contribution in [3.05, 3.63) is 59.1 Å². The lowest BCUT2D eigenvalue weighted by atomic mass is 9.95. The number of ketones is 1. The summed E-state index contributed by atoms with van der Waals surface area (Å²) in [4.78, 5) is 29.1. The van der Waals surface area contributed by atoms with E-state index in [1.807, 2.05) is 0 Å². The molecule has 1 heterocycles. The number of Topliss-reactive ketones (excluding diaryl/α,β-unsaturated/α-hetero) is 1. The van der Waals surface area contributed by atoms with Gasteiger partial charge in [0.05, 0.1) is 12.8 Å². The summed E-state index contributed by atoms with van der Waals surface area (Å²) in [7, 11) is 1.26. The van der Waals surface area contributed by atoms with Gasteiger partial charge in [0.25, 0.3) is 0 Å². The van der Waals surface area contributed by atoms with Gasteiger partial charge in [0.1, 0.15) is 6.04 Å². The molecule has 1 atom stereocenters. The number of hydrogen-bond acceptors (Lipinski definition) is 5. The Morgan fingerprint density at radius 2 is 2.00 bits per heavy atom. The van der Waals surface area contributed by atoms with Crippen LogP contribution in [0.4, 0.5) is 11.4 Å². The molecule has 6 heteroatoms. The van der Waals surface area contributed by atoms with Crippen molar-refractivity contribution in [3.63, 3.8) is 0 Å². The molecule has 1 N–H and O–H groups in total. The molecule has 2 aromatic rings. The zero-order valence-corrected chi connectivity index (χ0v) is 13.0. The van der Waals surface area contributed by atoms with Crippen molar-refractivity contribution < 1.29 is 14.3 Å². The fourth-order valence-electron chi connectivity index (χ4n) is 2.40. The summed E-state index contributed by atoms with van der Waals surface area (Å²) >= 11 is 5.96. The molecule has 1 aliphatic rings. The maximum absolute atomic E-state index is 12.8. The van der Waals surface area contributed by atoms with E-state index >= 15 is 0 Å². The molecule has 23 heavy (non-hydrogen) atoms. The Morgan fingerprint density at radius 3 is 2.74 bits per heavy atom. The first kappa shape index (κ1) is 15.2. The van der Waals surface area contributed by atoms with Crippen molar-refractivity contribution in [3.8, 4) is 0 Å². The Kier molecular flexibility index (Phi) is 4.12. The number of nitrogens with zero attached hydrogens (tertiary/aromatic N) is 1. The number of hydrogen-bond donors (Lipinski definition) is 1. The lowest BCUT2D eigenvalue weighted by molar-refractivity contribution is -0.132. The number of rotatable bonds is 3. The van der Waals surface area contributed by atoms with Crippen LogP contribution >= 0.6 is 11.6 Å². The standard InChI is InChI=1S/C17H13ClN2O3/c1-23-17(22)15-14(19-11-6-4-5-10(18)9-11)16(21)12-7-2-3-8-13(12)20-15/h2-9,14,19H,1H3. The molecule has 0 saturated heterocycles. The largest absolute Gasteiger partial charge is 0.464 e. The van der Waals surface area contributed by atoms with Crippen LogP contribution < -0.4 is 5.32 Å². The molecule has 0 aromatic heterocycles. The molecule has 0 saturated carbocycles. The molecule has 0 radical (unpaired) electrons. The number of methoxy groups -OCH3 is 1. The second-order valence-corrected chi connectivity index (χ2v) is 5.39. The summed E-state index contributed by atoms with van der Waals surface area (Å²) in [5, 5.41) is 3.54. The number of carbonyl (C=O) groups is 2. The monoisotopic (exact) mass is 328 g/mol. The van der Waals surface area contributed by atoms with Crippen LogP contribution in [0.5, 0.6) is 0 Å². The summed E-state index contributed by atoms with van der Waals surface area (Å²) in [6.45, 7) is 0. The summed E-state index contributed by atoms with van der Waals surface area (Å²) < 4.78 is 4.76. The maximum atomic E-state index is 12.8. The van der Waals surface area contributed by atoms with E-state index in [4.69, 9.17) is 16.3 Å². The van der Waals surface area contributed by atoms with E-state index in [-0.39, 0.29) is 11.5 Å². The van der Waals surface area contributed by atoms with Gasteiger partial charge in [-0.2, -0.15) is 0 Å². The third-order valence-corrected chi connectivity index (χ3v) is 3.71. The van der Waals surface area contributed by atoms with Gasteiger partial charge < -0.3 is 10.1 Å². The zero-order chi connectivity index (χ0) is 16.4. The van der Waals surface area contributed by atoms with E-state index in [0.717, 1.165) is 0 Å². The summed E-state index contributed by atoms with van der Waals surface area (Å²) in [5.41, 5.74) is 1.56. The first-order valence-corrected chi connectivity index (χ1v) is 7.30. The van der Waals surface area contributed by atoms with E-state index in [1.165, 1.54) is 7.11 Å². The van der Waals surface area contributed by atoms with Crippen LogP contribution in [0.2, 0.25) is 5.02 Å². The number of esters is 1. The Hall–Kier alpha value is -2.66. The lowest BCUT2D eigenvalue weighted by Gasteiger charge is -2.24. The maximum Gasteiger partial charge on any atom is 0.355 e. The smallest absolute Gasteiger partial charge is 0.355 e. The van der Waals surface area contributed by atoms with Crippen molar-refractivity contribution in [1.29, 1.82) is 0 Å². The predicted octanol–water partition coefficient (Wildman–Crippen LogP) is 3.26. The lowest BCUT2D eigenvalue weighted by Crippen LogP contribution is -2.44. The molecule has 3 rings (SSSR count). The average Bonchev–Trinajstić information content (AvgIpc) is 2.56. The number of aliphatic imine (C=N–C) groups is 1. The van der Waals surface area contributed by atoms with Crippen molar-refractivity contribution in [2.24, 2.45) is 4.99 Å². The topological polar surface area (TPSA) is 67.8 Å². The number of anilines is 1. The van der Waals surface area contributed by atoms with Crippen molar-refractivity contribution in [2.75, 3.05) is 12.4 Å². The van der Waals surface area contributed by atoms with Gasteiger partial charge in [-0.05, 0) is 30.3 Å². The Balaban J connectivity index is 2.03. The third-order valence-electron chi connectivity index (χ3n) is 3.48. The molecule has 0 spiro atoms. The molecule has 0 fully saturated rings. The van der Waals surface area contributed by atoms with Crippen LogP contribution in [0.1, 0.15) is 10.4 Å². The molecule has 5 nitrogen and oxygen atoms in total. The SMILES string of the molecule is COC(=O)C1=Nc2ccccc2C(=O)C1Nc1cccc(Cl)c1. The second-order valence-electron chi connectivity index (χ2n) is 4.96. The fraction of sp³-hybridized carbons (Fsp3) is 0.118. The molecule has 0 amide bonds. The third kappa shape index (κ3) is 2.96. The van der Waals surface area contributed by atoms with Gasteiger partial charge in [0, 0.05) is 16.3 Å². The molecule has 116 valence electrons. The van der Waals surface area contributed by atoms with Crippen molar-refractivity contribution in [1.82, 2.24) is 0 Å². The number of fused-ring (bicyclic) bond motifs is 1. The number of para-hydroxylation sites is 1. The molecule has 0 bridgehead atoms. The number of halogens is 1. The highest BCUT2D eigenvalue weighted by Gasteiger charge is 2.35. The van der Waals surface area contributed by atoms with E-state index in [9.17, 15) is 9.59 Å². The minimum atomic E-state index is -0.921. The second kappa shape index (κ2) is 6.22. The molecule has 0 aliphatic carbocycles. The van der Waals surface area contributed by atoms with Gasteiger partial charge in [0.2, 0.25) is 0 Å². The van der Waals surface area contributed by atoms with Gasteiger partial charge in [-0.25, -0.2) is 9.79 Å². The quantitative estimate of drug-likeness (QED) is 0.878. The van der Waals surface area contributed by atoms with Crippen LogP contribution in [-0.2, 0) is 9.53 Å². The Morgan fingerprint density at radius 1 is 1.22 bits per heavy atom. The van der Waals surface area contributed by atoms with Crippen molar-refractivity contribution in [2.45, 2.75) is 6.04 Å². The molecular formula is C17H13ClN2O3. The number of nitrogens with one attached hydrogen (secondary N) is 1. The van der Waals surface area contributed by atoms with Gasteiger partial charge in [-0.3, -0.25) is 4.79 Å². The Labute approximate surface area is 137 Å². The van der Waals surface area contributed by atoms with Gasteiger partial charge >= 0.3 is 5.97 Å². The van der Waals surface area contributed by atoms with Gasteiger partial charge in [0.15, 0.2) is 11.5 Å². The van der Waals surface area contributed by atoms with E-state index in [0.29, 0.717) is 22.0 Å². The summed E-state index contributed by atoms with van der Waals surface area (Å²) in [6.07, 6.45) is 0. The van der Waals surface area contributed by atoms with Crippen LogP contribution in [0, 0.1) is 0 Å². The minimum absolute atomic E-state index is 0.0242. The highest BCUT2D eigenvalue weighted by atomic mass is 35.5. The summed E-state index contributed by atoms with van der Waals surface area (Å²) in [5.74, 6) is -0.886. The van der Waals surface area contributed by atoms with Crippen molar-refractivity contribution >= 4 is 40.4 Å². The molecular weight excluding hydrogens is 316 g/mol. The fourth-order valence-corrected chi connectivity index (χ4v) is 2.59. The Bertz CT molecular complexity index is 817. The first-order chi connectivity index (χ1) is 11.1. The average molecular weight is 329 g/mol. The predicted molar refractivity (Wildman–Crippen MR) is 88.7 cm³/mol. The first-order valence-electron chi connectivity index (χ1n) is 6.92. The van der Waals surface area contributed by atoms with Crippen LogP contribution in [0.15, 0.2) is 53.5 Å². The number of benzene rings is 2. The number of carbonyl (C=O) groups excluding carboxylic acids is 2. The highest BCUT2D eigenvalue weighted by molar-refractivity contribution is 6.46. The van der Waals surface area contributed by atoms with Crippen LogP contribution in [0.3, 0.4) is 0 Å². The van der Waals surface area contributed by atoms with E-state index in [2.05, 4.69) is 10.3 Å². The highest BCUT2D eigenvalue weighted by Crippen LogP contribution is 2.28. The van der Waals surface area contributed by atoms with Crippen LogP contribution in [0.25, 0.3) is 0 Å².